The second kappa shape index (κ2) is 6.83. The summed E-state index contributed by atoms with van der Waals surface area (Å²) in [5.74, 6) is 0. The van der Waals surface area contributed by atoms with E-state index in [1.807, 2.05) is 18.2 Å². The largest absolute Gasteiger partial charge is 0.309 e. The first-order valence-electron chi connectivity index (χ1n) is 5.94. The minimum atomic E-state index is -0.404. The van der Waals surface area contributed by atoms with Crippen molar-refractivity contribution in [2.75, 3.05) is 0 Å². The number of non-ortho nitro benzene ring substituents is 1. The van der Waals surface area contributed by atoms with Gasteiger partial charge in [0, 0.05) is 34.7 Å². The molecule has 20 heavy (non-hydrogen) atoms. The fourth-order valence-corrected chi connectivity index (χ4v) is 2.35. The van der Waals surface area contributed by atoms with Gasteiger partial charge in [0.25, 0.3) is 5.69 Å². The van der Waals surface area contributed by atoms with Gasteiger partial charge < -0.3 is 5.32 Å². The van der Waals surface area contributed by atoms with Crippen LogP contribution in [0.5, 0.6) is 0 Å². The van der Waals surface area contributed by atoms with Crippen molar-refractivity contribution in [1.29, 1.82) is 0 Å². The highest BCUT2D eigenvalue weighted by Crippen LogP contribution is 2.21. The van der Waals surface area contributed by atoms with Gasteiger partial charge in [0.05, 0.1) is 4.92 Å². The zero-order chi connectivity index (χ0) is 14.5. The Morgan fingerprint density at radius 3 is 2.50 bits per heavy atom. The van der Waals surface area contributed by atoms with Crippen molar-refractivity contribution in [3.8, 4) is 0 Å². The number of benzene rings is 2. The predicted octanol–water partition coefficient (Wildman–Crippen LogP) is 4.30. The Morgan fingerprint density at radius 2 is 1.85 bits per heavy atom. The number of hydrogen-bond donors (Lipinski definition) is 1. The van der Waals surface area contributed by atoms with Crippen molar-refractivity contribution in [3.63, 3.8) is 0 Å². The second-order valence-electron chi connectivity index (χ2n) is 4.26. The van der Waals surface area contributed by atoms with E-state index in [2.05, 4.69) is 21.2 Å². The fourth-order valence-electron chi connectivity index (χ4n) is 1.76. The van der Waals surface area contributed by atoms with E-state index in [1.165, 1.54) is 12.1 Å². The molecule has 2 aromatic rings. The standard InChI is InChI=1S/C14H12BrClN2O2/c15-12-3-6-14(16)11(7-12)9-17-8-10-1-4-13(5-2-10)18(19)20/h1-7,17H,8-9H2. The van der Waals surface area contributed by atoms with E-state index in [4.69, 9.17) is 11.6 Å². The van der Waals surface area contributed by atoms with Gasteiger partial charge in [-0.05, 0) is 29.3 Å². The van der Waals surface area contributed by atoms with Crippen molar-refractivity contribution in [3.05, 3.63) is 73.2 Å². The Balaban J connectivity index is 1.92. The van der Waals surface area contributed by atoms with E-state index in [9.17, 15) is 10.1 Å². The summed E-state index contributed by atoms with van der Waals surface area (Å²) < 4.78 is 0.981. The van der Waals surface area contributed by atoms with Crippen LogP contribution in [0.2, 0.25) is 5.02 Å². The minimum Gasteiger partial charge on any atom is -0.309 e. The SMILES string of the molecule is O=[N+]([O-])c1ccc(CNCc2cc(Br)ccc2Cl)cc1. The Bertz CT molecular complexity index is 617. The number of rotatable bonds is 5. The third kappa shape index (κ3) is 4.03. The summed E-state index contributed by atoms with van der Waals surface area (Å²) in [6.07, 6.45) is 0. The molecule has 0 aliphatic carbocycles. The van der Waals surface area contributed by atoms with Crippen LogP contribution in [0, 0.1) is 10.1 Å². The fraction of sp³-hybridized carbons (Fsp3) is 0.143. The lowest BCUT2D eigenvalue weighted by atomic mass is 10.2. The van der Waals surface area contributed by atoms with Crippen molar-refractivity contribution >= 4 is 33.2 Å². The Morgan fingerprint density at radius 1 is 1.15 bits per heavy atom. The number of nitro groups is 1. The molecule has 0 heterocycles. The molecule has 0 spiro atoms. The van der Waals surface area contributed by atoms with Gasteiger partial charge in [-0.15, -0.1) is 0 Å². The topological polar surface area (TPSA) is 55.2 Å². The zero-order valence-electron chi connectivity index (χ0n) is 10.5. The van der Waals surface area contributed by atoms with E-state index >= 15 is 0 Å². The third-order valence-corrected chi connectivity index (χ3v) is 3.66. The highest BCUT2D eigenvalue weighted by atomic mass is 79.9. The number of nitrogens with zero attached hydrogens (tertiary/aromatic N) is 1. The van der Waals surface area contributed by atoms with Gasteiger partial charge in [-0.25, -0.2) is 0 Å². The maximum absolute atomic E-state index is 10.6. The van der Waals surface area contributed by atoms with Crippen LogP contribution < -0.4 is 5.32 Å². The average molecular weight is 356 g/mol. The van der Waals surface area contributed by atoms with Crippen LogP contribution in [-0.4, -0.2) is 4.92 Å². The maximum atomic E-state index is 10.6. The molecule has 0 radical (unpaired) electrons. The first-order valence-corrected chi connectivity index (χ1v) is 7.11. The first kappa shape index (κ1) is 15.0. The van der Waals surface area contributed by atoms with Gasteiger partial charge in [-0.3, -0.25) is 10.1 Å². The molecule has 1 N–H and O–H groups in total. The third-order valence-electron chi connectivity index (χ3n) is 2.80. The molecule has 0 atom stereocenters. The molecule has 0 amide bonds. The normalized spacial score (nSPS) is 10.5. The molecule has 0 saturated carbocycles. The molecular formula is C14H12BrClN2O2. The Labute approximate surface area is 130 Å². The van der Waals surface area contributed by atoms with Gasteiger partial charge in [0.1, 0.15) is 0 Å². The van der Waals surface area contributed by atoms with Crippen LogP contribution in [0.1, 0.15) is 11.1 Å². The summed E-state index contributed by atoms with van der Waals surface area (Å²) in [6, 6.07) is 12.2. The molecular weight excluding hydrogens is 344 g/mol. The van der Waals surface area contributed by atoms with E-state index in [0.29, 0.717) is 18.1 Å². The Hall–Kier alpha value is -1.43. The molecule has 0 aliphatic heterocycles. The highest BCUT2D eigenvalue weighted by Gasteiger charge is 2.04. The molecule has 0 saturated heterocycles. The molecule has 104 valence electrons. The maximum Gasteiger partial charge on any atom is 0.269 e. The molecule has 0 aliphatic rings. The zero-order valence-corrected chi connectivity index (χ0v) is 12.8. The van der Waals surface area contributed by atoms with Crippen molar-refractivity contribution in [2.24, 2.45) is 0 Å². The van der Waals surface area contributed by atoms with Gasteiger partial charge in [0.2, 0.25) is 0 Å². The van der Waals surface area contributed by atoms with Crippen LogP contribution >= 0.6 is 27.5 Å². The van der Waals surface area contributed by atoms with E-state index < -0.39 is 4.92 Å². The molecule has 6 heteroatoms. The molecule has 4 nitrogen and oxygen atoms in total. The first-order chi connectivity index (χ1) is 9.56. The van der Waals surface area contributed by atoms with Crippen molar-refractivity contribution < 1.29 is 4.92 Å². The van der Waals surface area contributed by atoms with Crippen LogP contribution in [0.15, 0.2) is 46.9 Å². The Kier molecular flexibility index (Phi) is 5.11. The number of hydrogen-bond acceptors (Lipinski definition) is 3. The summed E-state index contributed by atoms with van der Waals surface area (Å²) in [6.45, 7) is 1.26. The van der Waals surface area contributed by atoms with Crippen LogP contribution in [-0.2, 0) is 13.1 Å². The lowest BCUT2D eigenvalue weighted by molar-refractivity contribution is -0.384. The molecule has 0 fully saturated rings. The summed E-state index contributed by atoms with van der Waals surface area (Å²) >= 11 is 9.50. The molecule has 2 rings (SSSR count). The molecule has 0 bridgehead atoms. The van der Waals surface area contributed by atoms with E-state index in [0.717, 1.165) is 15.6 Å². The van der Waals surface area contributed by atoms with E-state index in [1.54, 1.807) is 12.1 Å². The summed E-state index contributed by atoms with van der Waals surface area (Å²) in [4.78, 5) is 10.1. The molecule has 0 unspecified atom stereocenters. The summed E-state index contributed by atoms with van der Waals surface area (Å²) in [7, 11) is 0. The van der Waals surface area contributed by atoms with Crippen LogP contribution in [0.25, 0.3) is 0 Å². The van der Waals surface area contributed by atoms with Crippen molar-refractivity contribution in [1.82, 2.24) is 5.32 Å². The summed E-state index contributed by atoms with van der Waals surface area (Å²) in [5.41, 5.74) is 2.09. The van der Waals surface area contributed by atoms with Gasteiger partial charge in [0.15, 0.2) is 0 Å². The smallest absolute Gasteiger partial charge is 0.269 e. The predicted molar refractivity (Wildman–Crippen MR) is 82.8 cm³/mol. The number of nitro benzene ring substituents is 1. The number of halogens is 2. The minimum absolute atomic E-state index is 0.101. The highest BCUT2D eigenvalue weighted by molar-refractivity contribution is 9.10. The number of nitrogens with one attached hydrogen (secondary N) is 1. The van der Waals surface area contributed by atoms with Gasteiger partial charge >= 0.3 is 0 Å². The van der Waals surface area contributed by atoms with Gasteiger partial charge in [-0.1, -0.05) is 39.7 Å². The summed E-state index contributed by atoms with van der Waals surface area (Å²) in [5, 5.41) is 14.5. The molecule has 2 aromatic carbocycles. The van der Waals surface area contributed by atoms with Gasteiger partial charge in [-0.2, -0.15) is 0 Å². The lowest BCUT2D eigenvalue weighted by Gasteiger charge is -2.07. The second-order valence-corrected chi connectivity index (χ2v) is 5.59. The van der Waals surface area contributed by atoms with Crippen LogP contribution in [0.3, 0.4) is 0 Å². The molecule has 0 aromatic heterocycles. The lowest BCUT2D eigenvalue weighted by Crippen LogP contribution is -2.13. The quantitative estimate of drug-likeness (QED) is 0.642. The van der Waals surface area contributed by atoms with Crippen molar-refractivity contribution in [2.45, 2.75) is 13.1 Å². The van der Waals surface area contributed by atoms with E-state index in [-0.39, 0.29) is 5.69 Å². The van der Waals surface area contributed by atoms with Crippen LogP contribution in [0.4, 0.5) is 5.69 Å². The monoisotopic (exact) mass is 354 g/mol. The average Bonchev–Trinajstić information content (AvgIpc) is 2.43.